The van der Waals surface area contributed by atoms with Crippen molar-refractivity contribution < 1.29 is 28.3 Å². The Bertz CT molecular complexity index is 1410. The van der Waals surface area contributed by atoms with Crippen LogP contribution in [0.1, 0.15) is 27.7 Å². The molecule has 1 fully saturated rings. The number of hydrogen-bond acceptors (Lipinski definition) is 6. The minimum Gasteiger partial charge on any atom is -0.467 e. The summed E-state index contributed by atoms with van der Waals surface area (Å²) in [6.45, 7) is 8.38. The first-order valence-electron chi connectivity index (χ1n) is 12.4. The van der Waals surface area contributed by atoms with E-state index >= 15 is 0 Å². The molecule has 0 unspecified atom stereocenters. The quantitative estimate of drug-likeness (QED) is 0.221. The number of benzene rings is 4. The van der Waals surface area contributed by atoms with Gasteiger partial charge < -0.3 is 28.3 Å². The monoisotopic (exact) mass is 500 g/mol. The Kier molecular flexibility index (Phi) is 6.90. The van der Waals surface area contributed by atoms with E-state index in [1.54, 1.807) is 14.2 Å². The molecular formula is C30H33BO6. The topological polar surface area (TPSA) is 55.4 Å². The predicted octanol–water partition coefficient (Wildman–Crippen LogP) is 5.92. The van der Waals surface area contributed by atoms with Gasteiger partial charge in [0.05, 0.1) is 11.2 Å². The van der Waals surface area contributed by atoms with Gasteiger partial charge in [-0.25, -0.2) is 0 Å². The van der Waals surface area contributed by atoms with Crippen LogP contribution in [-0.4, -0.2) is 46.1 Å². The normalized spacial score (nSPS) is 16.4. The number of hydrogen-bond donors (Lipinski definition) is 0. The summed E-state index contributed by atoms with van der Waals surface area (Å²) in [6.07, 6.45) is 0. The lowest BCUT2D eigenvalue weighted by Gasteiger charge is -2.32. The number of fused-ring (bicyclic) bond motifs is 2. The van der Waals surface area contributed by atoms with Gasteiger partial charge in [-0.05, 0) is 55.3 Å². The fourth-order valence-corrected chi connectivity index (χ4v) is 4.77. The molecule has 192 valence electrons. The fraction of sp³-hybridized carbons (Fsp3) is 0.333. The van der Waals surface area contributed by atoms with Gasteiger partial charge in [0.25, 0.3) is 0 Å². The molecule has 0 radical (unpaired) electrons. The highest BCUT2D eigenvalue weighted by atomic mass is 16.7. The molecule has 0 aromatic heterocycles. The fourth-order valence-electron chi connectivity index (χ4n) is 4.77. The average molecular weight is 500 g/mol. The minimum absolute atomic E-state index is 0.0663. The van der Waals surface area contributed by atoms with Gasteiger partial charge in [-0.15, -0.1) is 0 Å². The van der Waals surface area contributed by atoms with Crippen molar-refractivity contribution in [1.29, 1.82) is 0 Å². The summed E-state index contributed by atoms with van der Waals surface area (Å²) < 4.78 is 36.1. The van der Waals surface area contributed by atoms with Gasteiger partial charge in [-0.2, -0.15) is 0 Å². The highest BCUT2D eigenvalue weighted by molar-refractivity contribution is 6.64. The molecule has 37 heavy (non-hydrogen) atoms. The van der Waals surface area contributed by atoms with Gasteiger partial charge in [0.2, 0.25) is 0 Å². The van der Waals surface area contributed by atoms with Crippen LogP contribution in [0.15, 0.2) is 66.7 Å². The van der Waals surface area contributed by atoms with Crippen LogP contribution in [0, 0.1) is 0 Å². The Hall–Kier alpha value is -3.10. The van der Waals surface area contributed by atoms with Gasteiger partial charge in [0.1, 0.15) is 11.5 Å². The molecule has 0 aliphatic carbocycles. The van der Waals surface area contributed by atoms with Crippen molar-refractivity contribution in [3.05, 3.63) is 66.7 Å². The van der Waals surface area contributed by atoms with Crippen molar-refractivity contribution in [3.8, 4) is 22.6 Å². The van der Waals surface area contributed by atoms with Crippen molar-refractivity contribution >= 4 is 34.1 Å². The third-order valence-corrected chi connectivity index (χ3v) is 7.33. The van der Waals surface area contributed by atoms with Gasteiger partial charge in [-0.3, -0.25) is 0 Å². The Morgan fingerprint density at radius 1 is 0.676 bits per heavy atom. The molecule has 6 nitrogen and oxygen atoms in total. The van der Waals surface area contributed by atoms with Crippen LogP contribution < -0.4 is 14.9 Å². The van der Waals surface area contributed by atoms with Crippen molar-refractivity contribution in [3.63, 3.8) is 0 Å². The largest absolute Gasteiger partial charge is 0.498 e. The Morgan fingerprint density at radius 3 is 1.89 bits per heavy atom. The van der Waals surface area contributed by atoms with E-state index in [1.165, 1.54) is 0 Å². The Labute approximate surface area is 218 Å². The molecule has 0 bridgehead atoms. The van der Waals surface area contributed by atoms with Gasteiger partial charge >= 0.3 is 7.12 Å². The van der Waals surface area contributed by atoms with Crippen molar-refractivity contribution in [2.75, 3.05) is 27.8 Å². The summed E-state index contributed by atoms with van der Waals surface area (Å²) in [5, 5.41) is 4.18. The van der Waals surface area contributed by atoms with Crippen LogP contribution >= 0.6 is 0 Å². The maximum atomic E-state index is 6.50. The summed E-state index contributed by atoms with van der Waals surface area (Å²) in [4.78, 5) is 0. The summed E-state index contributed by atoms with van der Waals surface area (Å²) in [7, 11) is 2.60. The zero-order valence-electron chi connectivity index (χ0n) is 22.3. The molecule has 7 heteroatoms. The van der Waals surface area contributed by atoms with Gasteiger partial charge in [0, 0.05) is 30.8 Å². The molecule has 1 saturated heterocycles. The Morgan fingerprint density at radius 2 is 1.24 bits per heavy atom. The lowest BCUT2D eigenvalue weighted by molar-refractivity contribution is 0.00578. The number of rotatable bonds is 8. The third-order valence-electron chi connectivity index (χ3n) is 7.33. The third kappa shape index (κ3) is 4.57. The second kappa shape index (κ2) is 9.99. The van der Waals surface area contributed by atoms with E-state index in [9.17, 15) is 0 Å². The van der Waals surface area contributed by atoms with Gasteiger partial charge in [-0.1, -0.05) is 60.7 Å². The van der Waals surface area contributed by atoms with Crippen molar-refractivity contribution in [2.45, 2.75) is 38.9 Å². The maximum absolute atomic E-state index is 6.50. The summed E-state index contributed by atoms with van der Waals surface area (Å²) in [6, 6.07) is 22.6. The van der Waals surface area contributed by atoms with Crippen LogP contribution in [0.25, 0.3) is 32.7 Å². The van der Waals surface area contributed by atoms with Crippen LogP contribution in [0.4, 0.5) is 0 Å². The molecule has 1 heterocycles. The first-order valence-corrected chi connectivity index (χ1v) is 12.4. The molecule has 0 saturated carbocycles. The molecule has 5 rings (SSSR count). The first kappa shape index (κ1) is 25.6. The highest BCUT2D eigenvalue weighted by Gasteiger charge is 2.53. The number of ether oxygens (including phenoxy) is 4. The molecule has 1 aliphatic heterocycles. The maximum Gasteiger partial charge on any atom is 0.498 e. The van der Waals surface area contributed by atoms with Crippen LogP contribution in [-0.2, 0) is 18.8 Å². The van der Waals surface area contributed by atoms with Crippen molar-refractivity contribution in [1.82, 2.24) is 0 Å². The van der Waals surface area contributed by atoms with Crippen LogP contribution in [0.5, 0.6) is 11.5 Å². The molecule has 0 atom stereocenters. The second-order valence-electron chi connectivity index (χ2n) is 10.2. The summed E-state index contributed by atoms with van der Waals surface area (Å²) in [5.41, 5.74) is 1.59. The van der Waals surface area contributed by atoms with Gasteiger partial charge in [0.15, 0.2) is 13.6 Å². The lowest BCUT2D eigenvalue weighted by atomic mass is 9.75. The predicted molar refractivity (Wildman–Crippen MR) is 148 cm³/mol. The van der Waals surface area contributed by atoms with E-state index in [4.69, 9.17) is 28.3 Å². The zero-order chi connectivity index (χ0) is 26.2. The molecule has 4 aromatic rings. The molecule has 0 spiro atoms. The lowest BCUT2D eigenvalue weighted by Crippen LogP contribution is -2.41. The van der Waals surface area contributed by atoms with Crippen molar-refractivity contribution in [2.24, 2.45) is 0 Å². The van der Waals surface area contributed by atoms with E-state index in [0.717, 1.165) is 38.1 Å². The molecule has 0 N–H and O–H groups in total. The summed E-state index contributed by atoms with van der Waals surface area (Å²) >= 11 is 0. The molecule has 1 aliphatic rings. The Balaban J connectivity index is 1.86. The van der Waals surface area contributed by atoms with E-state index < -0.39 is 18.3 Å². The zero-order valence-corrected chi connectivity index (χ0v) is 22.3. The second-order valence-corrected chi connectivity index (χ2v) is 10.2. The van der Waals surface area contributed by atoms with E-state index in [-0.39, 0.29) is 13.6 Å². The SMILES string of the molecule is COCOc1ccc2ccccc2c1-c1c(OCOC)c(B2OC(C)(C)C(C)(C)O2)cc2ccccc12. The minimum atomic E-state index is -0.626. The molecule has 4 aromatic carbocycles. The summed E-state index contributed by atoms with van der Waals surface area (Å²) in [5.74, 6) is 1.33. The first-order chi connectivity index (χ1) is 17.8. The smallest absolute Gasteiger partial charge is 0.467 e. The van der Waals surface area contributed by atoms with E-state index in [2.05, 4.69) is 36.4 Å². The van der Waals surface area contributed by atoms with E-state index in [1.807, 2.05) is 58.0 Å². The van der Waals surface area contributed by atoms with E-state index in [0.29, 0.717) is 11.5 Å². The average Bonchev–Trinajstić information content (AvgIpc) is 3.11. The molecular weight excluding hydrogens is 467 g/mol. The van der Waals surface area contributed by atoms with Crippen LogP contribution in [0.3, 0.4) is 0 Å². The number of methoxy groups -OCH3 is 2. The highest BCUT2D eigenvalue weighted by Crippen LogP contribution is 2.46. The molecule has 0 amide bonds. The standard InChI is InChI=1S/C30H33BO6/c1-29(2)30(3,4)37-31(36-29)24-17-21-12-8-10-14-23(21)27(28(24)35-19-33-6)26-22-13-9-7-11-20(22)15-16-25(26)34-18-32-5/h7-17H,18-19H2,1-6H3. The van der Waals surface area contributed by atoms with Crippen LogP contribution in [0.2, 0.25) is 0 Å².